The van der Waals surface area contributed by atoms with Crippen LogP contribution in [0.1, 0.15) is 35.5 Å². The van der Waals surface area contributed by atoms with Crippen LogP contribution in [0, 0.1) is 6.92 Å². The molecule has 0 saturated carbocycles. The molecule has 2 aromatic heterocycles. The number of aliphatic hydroxyl groups excluding tert-OH is 1. The molecule has 32 heavy (non-hydrogen) atoms. The second-order valence-corrected chi connectivity index (χ2v) is 8.00. The Bertz CT molecular complexity index is 1030. The van der Waals surface area contributed by atoms with Crippen molar-refractivity contribution in [3.8, 4) is 5.75 Å². The van der Waals surface area contributed by atoms with E-state index in [1.807, 2.05) is 62.0 Å². The standard InChI is InChI=1S/C24H31N5O3/c1-4-31-21-9-8-18(13-19(21)16-30)14-29-10-11-32-22(15-29)20-6-5-7-23(25-20)26-24-12-17(2)28(3)27-24/h5-9,12-13,22,30H,4,10-11,14-16H2,1-3H3,(H,25,26,27). The first-order valence-corrected chi connectivity index (χ1v) is 11.0. The number of aryl methyl sites for hydroxylation is 2. The van der Waals surface area contributed by atoms with Gasteiger partial charge in [0.25, 0.3) is 0 Å². The highest BCUT2D eigenvalue weighted by molar-refractivity contribution is 5.52. The molecule has 3 heterocycles. The van der Waals surface area contributed by atoms with E-state index in [2.05, 4.69) is 21.4 Å². The van der Waals surface area contributed by atoms with Crippen LogP contribution in [0.25, 0.3) is 0 Å². The molecule has 1 fully saturated rings. The maximum Gasteiger partial charge on any atom is 0.153 e. The van der Waals surface area contributed by atoms with E-state index in [9.17, 15) is 5.11 Å². The van der Waals surface area contributed by atoms with Crippen molar-refractivity contribution in [3.63, 3.8) is 0 Å². The van der Waals surface area contributed by atoms with Crippen LogP contribution in [0.2, 0.25) is 0 Å². The van der Waals surface area contributed by atoms with Crippen molar-refractivity contribution in [1.29, 1.82) is 0 Å². The number of aromatic nitrogens is 3. The van der Waals surface area contributed by atoms with E-state index in [-0.39, 0.29) is 12.7 Å². The van der Waals surface area contributed by atoms with Gasteiger partial charge in [-0.1, -0.05) is 12.1 Å². The van der Waals surface area contributed by atoms with Crippen molar-refractivity contribution in [2.45, 2.75) is 33.1 Å². The maximum absolute atomic E-state index is 9.68. The van der Waals surface area contributed by atoms with E-state index in [0.29, 0.717) is 13.2 Å². The van der Waals surface area contributed by atoms with Crippen molar-refractivity contribution in [3.05, 3.63) is 65.0 Å². The van der Waals surface area contributed by atoms with Crippen LogP contribution >= 0.6 is 0 Å². The van der Waals surface area contributed by atoms with E-state index in [1.54, 1.807) is 0 Å². The molecule has 4 rings (SSSR count). The average Bonchev–Trinajstić information content (AvgIpc) is 3.11. The number of rotatable bonds is 8. The van der Waals surface area contributed by atoms with Crippen molar-refractivity contribution in [1.82, 2.24) is 19.7 Å². The van der Waals surface area contributed by atoms with Crippen molar-refractivity contribution < 1.29 is 14.6 Å². The number of hydrogen-bond donors (Lipinski definition) is 2. The maximum atomic E-state index is 9.68. The molecule has 0 amide bonds. The molecule has 170 valence electrons. The summed E-state index contributed by atoms with van der Waals surface area (Å²) < 4.78 is 13.5. The molecule has 0 radical (unpaired) electrons. The summed E-state index contributed by atoms with van der Waals surface area (Å²) >= 11 is 0. The molecule has 1 atom stereocenters. The first kappa shape index (κ1) is 22.3. The summed E-state index contributed by atoms with van der Waals surface area (Å²) in [6, 6.07) is 13.9. The number of nitrogens with one attached hydrogen (secondary N) is 1. The molecule has 3 aromatic rings. The Kier molecular flexibility index (Phi) is 7.04. The Balaban J connectivity index is 1.43. The smallest absolute Gasteiger partial charge is 0.153 e. The minimum absolute atomic E-state index is 0.0333. The summed E-state index contributed by atoms with van der Waals surface area (Å²) in [4.78, 5) is 7.13. The summed E-state index contributed by atoms with van der Waals surface area (Å²) in [6.45, 7) is 7.54. The molecule has 0 spiro atoms. The lowest BCUT2D eigenvalue weighted by molar-refractivity contribution is -0.0349. The molecule has 2 N–H and O–H groups in total. The van der Waals surface area contributed by atoms with Gasteiger partial charge in [-0.3, -0.25) is 9.58 Å². The number of benzene rings is 1. The third kappa shape index (κ3) is 5.27. The minimum atomic E-state index is -0.101. The third-order valence-electron chi connectivity index (χ3n) is 5.62. The zero-order valence-corrected chi connectivity index (χ0v) is 18.9. The molecule has 1 aromatic carbocycles. The monoisotopic (exact) mass is 437 g/mol. The predicted octanol–water partition coefficient (Wildman–Crippen LogP) is 3.33. The van der Waals surface area contributed by atoms with Crippen LogP contribution in [-0.2, 0) is 24.9 Å². The number of hydrogen-bond acceptors (Lipinski definition) is 7. The summed E-state index contributed by atoms with van der Waals surface area (Å²) in [7, 11) is 1.92. The van der Waals surface area contributed by atoms with Gasteiger partial charge in [-0.2, -0.15) is 5.10 Å². The Morgan fingerprint density at radius 3 is 2.84 bits per heavy atom. The number of pyridine rings is 1. The fourth-order valence-corrected chi connectivity index (χ4v) is 3.89. The van der Waals surface area contributed by atoms with Crippen LogP contribution in [0.5, 0.6) is 5.75 Å². The van der Waals surface area contributed by atoms with Gasteiger partial charge in [-0.25, -0.2) is 4.98 Å². The predicted molar refractivity (Wildman–Crippen MR) is 123 cm³/mol. The summed E-state index contributed by atoms with van der Waals surface area (Å²) in [5.41, 5.74) is 3.94. The topological polar surface area (TPSA) is 84.7 Å². The van der Waals surface area contributed by atoms with Gasteiger partial charge in [0, 0.05) is 44.0 Å². The van der Waals surface area contributed by atoms with Gasteiger partial charge in [0.2, 0.25) is 0 Å². The van der Waals surface area contributed by atoms with Gasteiger partial charge in [-0.05, 0) is 43.7 Å². The van der Waals surface area contributed by atoms with Crippen molar-refractivity contribution >= 4 is 11.6 Å². The highest BCUT2D eigenvalue weighted by Crippen LogP contribution is 2.26. The van der Waals surface area contributed by atoms with Crippen molar-refractivity contribution in [2.75, 3.05) is 31.6 Å². The van der Waals surface area contributed by atoms with E-state index < -0.39 is 0 Å². The van der Waals surface area contributed by atoms with Gasteiger partial charge in [-0.15, -0.1) is 0 Å². The highest BCUT2D eigenvalue weighted by Gasteiger charge is 2.23. The summed E-state index contributed by atoms with van der Waals surface area (Å²) in [5.74, 6) is 2.27. The average molecular weight is 438 g/mol. The van der Waals surface area contributed by atoms with Gasteiger partial charge in [0.1, 0.15) is 17.7 Å². The van der Waals surface area contributed by atoms with E-state index in [0.717, 1.165) is 59.5 Å². The SMILES string of the molecule is CCOc1ccc(CN2CCOC(c3cccc(Nc4cc(C)n(C)n4)n3)C2)cc1CO. The van der Waals surface area contributed by atoms with Gasteiger partial charge in [0.15, 0.2) is 5.82 Å². The van der Waals surface area contributed by atoms with E-state index in [1.165, 1.54) is 0 Å². The van der Waals surface area contributed by atoms with E-state index >= 15 is 0 Å². The first-order valence-electron chi connectivity index (χ1n) is 11.0. The molecule has 1 saturated heterocycles. The second-order valence-electron chi connectivity index (χ2n) is 8.00. The third-order valence-corrected chi connectivity index (χ3v) is 5.62. The molecule has 0 bridgehead atoms. The zero-order chi connectivity index (χ0) is 22.5. The highest BCUT2D eigenvalue weighted by atomic mass is 16.5. The van der Waals surface area contributed by atoms with Crippen LogP contribution in [0.3, 0.4) is 0 Å². The fraction of sp³-hybridized carbons (Fsp3) is 0.417. The van der Waals surface area contributed by atoms with Gasteiger partial charge >= 0.3 is 0 Å². The number of ether oxygens (including phenoxy) is 2. The summed E-state index contributed by atoms with van der Waals surface area (Å²) in [5, 5.41) is 17.4. The van der Waals surface area contributed by atoms with Gasteiger partial charge < -0.3 is 19.9 Å². The number of anilines is 2. The Morgan fingerprint density at radius 2 is 2.09 bits per heavy atom. The summed E-state index contributed by atoms with van der Waals surface area (Å²) in [6.07, 6.45) is -0.101. The Hall–Kier alpha value is -2.94. The largest absolute Gasteiger partial charge is 0.494 e. The zero-order valence-electron chi connectivity index (χ0n) is 18.9. The van der Waals surface area contributed by atoms with Crippen molar-refractivity contribution in [2.24, 2.45) is 7.05 Å². The lowest BCUT2D eigenvalue weighted by Gasteiger charge is -2.33. The number of nitrogens with zero attached hydrogens (tertiary/aromatic N) is 4. The van der Waals surface area contributed by atoms with Crippen LogP contribution in [0.15, 0.2) is 42.5 Å². The van der Waals surface area contributed by atoms with Gasteiger partial charge in [0.05, 0.1) is 25.5 Å². The molecule has 8 heteroatoms. The molecule has 1 unspecified atom stereocenters. The lowest BCUT2D eigenvalue weighted by atomic mass is 10.1. The van der Waals surface area contributed by atoms with Crippen LogP contribution in [0.4, 0.5) is 11.6 Å². The Labute approximate surface area is 188 Å². The quantitative estimate of drug-likeness (QED) is 0.559. The van der Waals surface area contributed by atoms with E-state index in [4.69, 9.17) is 14.5 Å². The lowest BCUT2D eigenvalue weighted by Crippen LogP contribution is -2.38. The van der Waals surface area contributed by atoms with Crippen LogP contribution in [-0.4, -0.2) is 51.1 Å². The normalized spacial score (nSPS) is 16.8. The molecule has 1 aliphatic rings. The molecule has 8 nitrogen and oxygen atoms in total. The first-order chi connectivity index (χ1) is 15.6. The van der Waals surface area contributed by atoms with Crippen LogP contribution < -0.4 is 10.1 Å². The fourth-order valence-electron chi connectivity index (χ4n) is 3.89. The number of aliphatic hydroxyl groups is 1. The second kappa shape index (κ2) is 10.1. The molecular weight excluding hydrogens is 406 g/mol. The molecular formula is C24H31N5O3. The minimum Gasteiger partial charge on any atom is -0.494 e. The molecule has 1 aliphatic heterocycles. The Morgan fingerprint density at radius 1 is 1.22 bits per heavy atom. The molecule has 0 aliphatic carbocycles. The number of morpholine rings is 1.